The molecular formula is C13H18Cl2N2. The van der Waals surface area contributed by atoms with E-state index in [1.54, 1.807) is 6.07 Å². The van der Waals surface area contributed by atoms with Gasteiger partial charge >= 0.3 is 0 Å². The van der Waals surface area contributed by atoms with Crippen molar-refractivity contribution < 1.29 is 0 Å². The molecule has 0 saturated carbocycles. The third-order valence-electron chi connectivity index (χ3n) is 3.08. The molecule has 0 bridgehead atoms. The SMILES string of the molecule is CC(CC1CCCN1)Nc1cc(Cl)cc(Cl)c1. The van der Waals surface area contributed by atoms with Gasteiger partial charge in [-0.15, -0.1) is 0 Å². The van der Waals surface area contributed by atoms with E-state index in [1.807, 2.05) is 12.1 Å². The van der Waals surface area contributed by atoms with Gasteiger partial charge in [-0.1, -0.05) is 23.2 Å². The van der Waals surface area contributed by atoms with Crippen molar-refractivity contribution in [3.8, 4) is 0 Å². The van der Waals surface area contributed by atoms with Gasteiger partial charge in [-0.2, -0.15) is 0 Å². The third-order valence-corrected chi connectivity index (χ3v) is 3.51. The molecule has 1 aromatic rings. The van der Waals surface area contributed by atoms with E-state index in [4.69, 9.17) is 23.2 Å². The van der Waals surface area contributed by atoms with Crippen LogP contribution in [-0.4, -0.2) is 18.6 Å². The Morgan fingerprint density at radius 2 is 2.06 bits per heavy atom. The van der Waals surface area contributed by atoms with Gasteiger partial charge in [-0.3, -0.25) is 0 Å². The molecular weight excluding hydrogens is 255 g/mol. The second-order valence-electron chi connectivity index (χ2n) is 4.73. The Morgan fingerprint density at radius 1 is 1.35 bits per heavy atom. The quantitative estimate of drug-likeness (QED) is 0.868. The van der Waals surface area contributed by atoms with Crippen molar-refractivity contribution in [2.24, 2.45) is 0 Å². The minimum atomic E-state index is 0.417. The molecule has 2 atom stereocenters. The maximum absolute atomic E-state index is 5.97. The maximum atomic E-state index is 5.97. The predicted molar refractivity (Wildman–Crippen MR) is 75.2 cm³/mol. The molecule has 2 N–H and O–H groups in total. The maximum Gasteiger partial charge on any atom is 0.0441 e. The molecule has 0 radical (unpaired) electrons. The normalized spacial score (nSPS) is 21.5. The third kappa shape index (κ3) is 4.06. The van der Waals surface area contributed by atoms with Gasteiger partial charge in [0, 0.05) is 27.8 Å². The summed E-state index contributed by atoms with van der Waals surface area (Å²) in [7, 11) is 0. The summed E-state index contributed by atoms with van der Waals surface area (Å²) < 4.78 is 0. The zero-order valence-electron chi connectivity index (χ0n) is 9.97. The number of hydrogen-bond acceptors (Lipinski definition) is 2. The van der Waals surface area contributed by atoms with Crippen LogP contribution in [0.3, 0.4) is 0 Å². The summed E-state index contributed by atoms with van der Waals surface area (Å²) in [5.41, 5.74) is 0.994. The fourth-order valence-corrected chi connectivity index (χ4v) is 2.89. The minimum Gasteiger partial charge on any atom is -0.382 e. The van der Waals surface area contributed by atoms with Crippen LogP contribution in [-0.2, 0) is 0 Å². The highest BCUT2D eigenvalue weighted by molar-refractivity contribution is 6.35. The fourth-order valence-electron chi connectivity index (χ4n) is 2.37. The van der Waals surface area contributed by atoms with Crippen molar-refractivity contribution in [2.75, 3.05) is 11.9 Å². The lowest BCUT2D eigenvalue weighted by Crippen LogP contribution is -2.29. The number of halogens is 2. The molecule has 1 saturated heterocycles. The molecule has 0 spiro atoms. The molecule has 2 unspecified atom stereocenters. The van der Waals surface area contributed by atoms with Crippen LogP contribution in [0.1, 0.15) is 26.2 Å². The first kappa shape index (κ1) is 13.0. The van der Waals surface area contributed by atoms with Crippen molar-refractivity contribution in [3.63, 3.8) is 0 Å². The van der Waals surface area contributed by atoms with Crippen molar-refractivity contribution in [3.05, 3.63) is 28.2 Å². The summed E-state index contributed by atoms with van der Waals surface area (Å²) in [6, 6.07) is 6.63. The average Bonchev–Trinajstić information content (AvgIpc) is 2.67. The van der Waals surface area contributed by atoms with E-state index in [-0.39, 0.29) is 0 Å². The van der Waals surface area contributed by atoms with Gasteiger partial charge in [-0.25, -0.2) is 0 Å². The molecule has 1 aliphatic heterocycles. The second-order valence-corrected chi connectivity index (χ2v) is 5.61. The molecule has 17 heavy (non-hydrogen) atoms. The highest BCUT2D eigenvalue weighted by Gasteiger charge is 2.16. The lowest BCUT2D eigenvalue weighted by atomic mass is 10.1. The molecule has 1 aliphatic rings. The molecule has 1 aromatic carbocycles. The zero-order valence-corrected chi connectivity index (χ0v) is 11.5. The van der Waals surface area contributed by atoms with Crippen LogP contribution in [0.25, 0.3) is 0 Å². The number of nitrogens with one attached hydrogen (secondary N) is 2. The number of rotatable bonds is 4. The van der Waals surface area contributed by atoms with E-state index >= 15 is 0 Å². The summed E-state index contributed by atoms with van der Waals surface area (Å²) >= 11 is 11.9. The highest BCUT2D eigenvalue weighted by Crippen LogP contribution is 2.23. The molecule has 2 rings (SSSR count). The average molecular weight is 273 g/mol. The predicted octanol–water partition coefficient (Wildman–Crippen LogP) is 3.94. The molecule has 2 nitrogen and oxygen atoms in total. The second kappa shape index (κ2) is 5.94. The van der Waals surface area contributed by atoms with Crippen molar-refractivity contribution in [2.45, 2.75) is 38.3 Å². The minimum absolute atomic E-state index is 0.417. The summed E-state index contributed by atoms with van der Waals surface area (Å²) in [5.74, 6) is 0. The monoisotopic (exact) mass is 272 g/mol. The van der Waals surface area contributed by atoms with Crippen molar-refractivity contribution in [1.82, 2.24) is 5.32 Å². The topological polar surface area (TPSA) is 24.1 Å². The van der Waals surface area contributed by atoms with Crippen LogP contribution in [0, 0.1) is 0 Å². The van der Waals surface area contributed by atoms with E-state index in [2.05, 4.69) is 17.6 Å². The summed E-state index contributed by atoms with van der Waals surface area (Å²) in [6.07, 6.45) is 3.70. The van der Waals surface area contributed by atoms with Crippen molar-refractivity contribution >= 4 is 28.9 Å². The molecule has 0 aromatic heterocycles. The van der Waals surface area contributed by atoms with Gasteiger partial charge in [0.1, 0.15) is 0 Å². The van der Waals surface area contributed by atoms with Crippen LogP contribution in [0.5, 0.6) is 0 Å². The number of benzene rings is 1. The largest absolute Gasteiger partial charge is 0.382 e. The smallest absolute Gasteiger partial charge is 0.0441 e. The van der Waals surface area contributed by atoms with Gasteiger partial charge in [0.05, 0.1) is 0 Å². The van der Waals surface area contributed by atoms with Crippen LogP contribution < -0.4 is 10.6 Å². The van der Waals surface area contributed by atoms with Gasteiger partial charge in [-0.05, 0) is 50.9 Å². The number of hydrogen-bond donors (Lipinski definition) is 2. The fraction of sp³-hybridized carbons (Fsp3) is 0.538. The first-order valence-electron chi connectivity index (χ1n) is 6.09. The van der Waals surface area contributed by atoms with E-state index in [0.717, 1.165) is 18.7 Å². The molecule has 0 amide bonds. The van der Waals surface area contributed by atoms with E-state index in [9.17, 15) is 0 Å². The molecule has 1 fully saturated rings. The van der Waals surface area contributed by atoms with Gasteiger partial charge in [0.2, 0.25) is 0 Å². The van der Waals surface area contributed by atoms with E-state index in [1.165, 1.54) is 12.8 Å². The van der Waals surface area contributed by atoms with Crippen molar-refractivity contribution in [1.29, 1.82) is 0 Å². The van der Waals surface area contributed by atoms with E-state index < -0.39 is 0 Å². The number of anilines is 1. The summed E-state index contributed by atoms with van der Waals surface area (Å²) in [5, 5.41) is 8.29. The lowest BCUT2D eigenvalue weighted by Gasteiger charge is -2.19. The lowest BCUT2D eigenvalue weighted by molar-refractivity contribution is 0.523. The van der Waals surface area contributed by atoms with Crippen LogP contribution >= 0.6 is 23.2 Å². The Balaban J connectivity index is 1.90. The summed E-state index contributed by atoms with van der Waals surface area (Å²) in [6.45, 7) is 3.34. The Morgan fingerprint density at radius 3 is 2.65 bits per heavy atom. The Bertz CT molecular complexity index is 355. The Hall–Kier alpha value is -0.440. The van der Waals surface area contributed by atoms with Gasteiger partial charge in [0.25, 0.3) is 0 Å². The van der Waals surface area contributed by atoms with Gasteiger partial charge < -0.3 is 10.6 Å². The molecule has 0 aliphatic carbocycles. The Kier molecular flexibility index (Phi) is 4.55. The standard InChI is InChI=1S/C13H18Cl2N2/c1-9(5-12-3-2-4-16-12)17-13-7-10(14)6-11(15)8-13/h6-9,12,16-17H,2-5H2,1H3. The van der Waals surface area contributed by atoms with Crippen LogP contribution in [0.15, 0.2) is 18.2 Å². The van der Waals surface area contributed by atoms with Crippen LogP contribution in [0.4, 0.5) is 5.69 Å². The summed E-state index contributed by atoms with van der Waals surface area (Å²) in [4.78, 5) is 0. The zero-order chi connectivity index (χ0) is 12.3. The first-order valence-corrected chi connectivity index (χ1v) is 6.85. The Labute approximate surface area is 113 Å². The molecule has 1 heterocycles. The highest BCUT2D eigenvalue weighted by atomic mass is 35.5. The van der Waals surface area contributed by atoms with E-state index in [0.29, 0.717) is 22.1 Å². The first-order chi connectivity index (χ1) is 8.13. The van der Waals surface area contributed by atoms with Crippen LogP contribution in [0.2, 0.25) is 10.0 Å². The molecule has 4 heteroatoms. The molecule has 94 valence electrons. The van der Waals surface area contributed by atoms with Gasteiger partial charge in [0.15, 0.2) is 0 Å².